The van der Waals surface area contributed by atoms with Crippen LogP contribution in [-0.2, 0) is 9.57 Å². The molecule has 3 heteroatoms. The Morgan fingerprint density at radius 2 is 2.15 bits per heavy atom. The highest BCUT2D eigenvalue weighted by Crippen LogP contribution is 2.46. The van der Waals surface area contributed by atoms with Crippen molar-refractivity contribution < 1.29 is 9.57 Å². The van der Waals surface area contributed by atoms with Gasteiger partial charge in [-0.25, -0.2) is 0 Å². The normalized spacial score (nSPS) is 28.8. The molecule has 1 heterocycles. The molecule has 3 nitrogen and oxygen atoms in total. The van der Waals surface area contributed by atoms with Gasteiger partial charge in [-0.1, -0.05) is 5.16 Å². The van der Waals surface area contributed by atoms with Crippen molar-refractivity contribution in [2.75, 3.05) is 19.8 Å². The van der Waals surface area contributed by atoms with E-state index in [1.807, 2.05) is 6.92 Å². The van der Waals surface area contributed by atoms with E-state index in [1.54, 1.807) is 0 Å². The monoisotopic (exact) mass is 183 g/mol. The highest BCUT2D eigenvalue weighted by Gasteiger charge is 2.45. The van der Waals surface area contributed by atoms with Gasteiger partial charge in [-0.05, 0) is 32.6 Å². The summed E-state index contributed by atoms with van der Waals surface area (Å²) < 4.78 is 5.36. The second-order valence-corrected chi connectivity index (χ2v) is 3.85. The molecule has 1 spiro atoms. The standard InChI is InChI=1S/C10H17NO2/c1-2-13-11-9-3-4-10(9)5-7-12-8-6-10/h2-8H2,1H3/b11-9-. The lowest BCUT2D eigenvalue weighted by molar-refractivity contribution is 0.0271. The lowest BCUT2D eigenvalue weighted by Gasteiger charge is -2.45. The summed E-state index contributed by atoms with van der Waals surface area (Å²) >= 11 is 0. The average Bonchev–Trinajstić information content (AvgIpc) is 2.18. The molecule has 74 valence electrons. The van der Waals surface area contributed by atoms with Crippen molar-refractivity contribution in [2.45, 2.75) is 32.6 Å². The third kappa shape index (κ3) is 1.57. The Morgan fingerprint density at radius 3 is 2.69 bits per heavy atom. The van der Waals surface area contributed by atoms with Gasteiger partial charge in [0.25, 0.3) is 0 Å². The molecule has 0 bridgehead atoms. The maximum absolute atomic E-state index is 5.36. The Balaban J connectivity index is 1.98. The van der Waals surface area contributed by atoms with E-state index in [2.05, 4.69) is 5.16 Å². The van der Waals surface area contributed by atoms with Gasteiger partial charge in [-0.3, -0.25) is 0 Å². The van der Waals surface area contributed by atoms with Crippen molar-refractivity contribution in [2.24, 2.45) is 10.6 Å². The van der Waals surface area contributed by atoms with E-state index in [0.29, 0.717) is 12.0 Å². The van der Waals surface area contributed by atoms with Gasteiger partial charge < -0.3 is 9.57 Å². The first-order chi connectivity index (χ1) is 6.37. The third-order valence-corrected chi connectivity index (χ3v) is 3.21. The van der Waals surface area contributed by atoms with Gasteiger partial charge in [0.15, 0.2) is 0 Å². The fraction of sp³-hybridized carbons (Fsp3) is 0.900. The van der Waals surface area contributed by atoms with Crippen molar-refractivity contribution in [1.29, 1.82) is 0 Å². The molecular weight excluding hydrogens is 166 g/mol. The highest BCUT2D eigenvalue weighted by atomic mass is 16.6. The minimum absolute atomic E-state index is 0.368. The smallest absolute Gasteiger partial charge is 0.114 e. The van der Waals surface area contributed by atoms with Gasteiger partial charge in [0.2, 0.25) is 0 Å². The summed E-state index contributed by atoms with van der Waals surface area (Å²) in [6.07, 6.45) is 4.68. The van der Waals surface area contributed by atoms with Crippen molar-refractivity contribution in [3.05, 3.63) is 0 Å². The van der Waals surface area contributed by atoms with Gasteiger partial charge in [-0.15, -0.1) is 0 Å². The Labute approximate surface area is 79.1 Å². The largest absolute Gasteiger partial charge is 0.396 e. The quantitative estimate of drug-likeness (QED) is 0.613. The minimum atomic E-state index is 0.368. The molecule has 0 unspecified atom stereocenters. The second-order valence-electron chi connectivity index (χ2n) is 3.85. The summed E-state index contributed by atoms with van der Waals surface area (Å²) in [7, 11) is 0. The zero-order valence-electron chi connectivity index (χ0n) is 8.21. The molecule has 0 radical (unpaired) electrons. The van der Waals surface area contributed by atoms with Crippen LogP contribution in [0.2, 0.25) is 0 Å². The van der Waals surface area contributed by atoms with Crippen molar-refractivity contribution >= 4 is 5.71 Å². The van der Waals surface area contributed by atoms with Crippen LogP contribution in [0.1, 0.15) is 32.6 Å². The molecule has 13 heavy (non-hydrogen) atoms. The van der Waals surface area contributed by atoms with Gasteiger partial charge >= 0.3 is 0 Å². The molecule has 2 rings (SSSR count). The maximum Gasteiger partial charge on any atom is 0.114 e. The Kier molecular flexibility index (Phi) is 2.54. The molecule has 2 fully saturated rings. The zero-order chi connectivity index (χ0) is 9.15. The highest BCUT2D eigenvalue weighted by molar-refractivity contribution is 5.95. The summed E-state index contributed by atoms with van der Waals surface area (Å²) in [6.45, 7) is 4.44. The van der Waals surface area contributed by atoms with Crippen molar-refractivity contribution in [3.8, 4) is 0 Å². The van der Waals surface area contributed by atoms with Crippen LogP contribution in [0.4, 0.5) is 0 Å². The second kappa shape index (κ2) is 3.66. The molecule has 0 aromatic heterocycles. The van der Waals surface area contributed by atoms with E-state index in [4.69, 9.17) is 9.57 Å². The van der Waals surface area contributed by atoms with Crippen LogP contribution in [0, 0.1) is 5.41 Å². The molecule has 1 saturated carbocycles. The predicted molar refractivity (Wildman–Crippen MR) is 50.8 cm³/mol. The third-order valence-electron chi connectivity index (χ3n) is 3.21. The van der Waals surface area contributed by atoms with E-state index < -0.39 is 0 Å². The van der Waals surface area contributed by atoms with Crippen LogP contribution in [-0.4, -0.2) is 25.5 Å². The van der Waals surface area contributed by atoms with E-state index >= 15 is 0 Å². The van der Waals surface area contributed by atoms with Crippen LogP contribution in [0.15, 0.2) is 5.16 Å². The van der Waals surface area contributed by atoms with Crippen LogP contribution in [0.25, 0.3) is 0 Å². The number of ether oxygens (including phenoxy) is 1. The number of hydrogen-bond acceptors (Lipinski definition) is 3. The Bertz CT molecular complexity index is 207. The van der Waals surface area contributed by atoms with Crippen LogP contribution in [0.3, 0.4) is 0 Å². The number of rotatable bonds is 2. The van der Waals surface area contributed by atoms with E-state index in [1.165, 1.54) is 12.1 Å². The van der Waals surface area contributed by atoms with E-state index in [9.17, 15) is 0 Å². The molecule has 1 aliphatic carbocycles. The molecule has 0 aromatic carbocycles. The first-order valence-electron chi connectivity index (χ1n) is 5.14. The van der Waals surface area contributed by atoms with Gasteiger partial charge in [0, 0.05) is 18.6 Å². The average molecular weight is 183 g/mol. The first kappa shape index (κ1) is 9.00. The molecule has 1 aliphatic heterocycles. The zero-order valence-corrected chi connectivity index (χ0v) is 8.21. The lowest BCUT2D eigenvalue weighted by atomic mass is 9.62. The molecule has 0 aromatic rings. The van der Waals surface area contributed by atoms with E-state index in [0.717, 1.165) is 32.5 Å². The maximum atomic E-state index is 5.36. The fourth-order valence-corrected chi connectivity index (χ4v) is 2.18. The summed E-state index contributed by atoms with van der Waals surface area (Å²) in [5, 5.41) is 4.19. The van der Waals surface area contributed by atoms with Gasteiger partial charge in [0.05, 0.1) is 5.71 Å². The molecule has 0 amide bonds. The predicted octanol–water partition coefficient (Wildman–Crippen LogP) is 1.97. The molecular formula is C10H17NO2. The molecule has 0 atom stereocenters. The fourth-order valence-electron chi connectivity index (χ4n) is 2.18. The topological polar surface area (TPSA) is 30.8 Å². The molecule has 2 aliphatic rings. The number of oxime groups is 1. The molecule has 1 saturated heterocycles. The SMILES string of the molecule is CCO/N=C1/CCC12CCOCC2. The summed E-state index contributed by atoms with van der Waals surface area (Å²) in [6, 6.07) is 0. The van der Waals surface area contributed by atoms with Gasteiger partial charge in [-0.2, -0.15) is 0 Å². The van der Waals surface area contributed by atoms with Crippen LogP contribution < -0.4 is 0 Å². The summed E-state index contributed by atoms with van der Waals surface area (Å²) in [5.41, 5.74) is 1.64. The number of hydrogen-bond donors (Lipinski definition) is 0. The summed E-state index contributed by atoms with van der Waals surface area (Å²) in [5.74, 6) is 0. The van der Waals surface area contributed by atoms with Crippen LogP contribution >= 0.6 is 0 Å². The summed E-state index contributed by atoms with van der Waals surface area (Å²) in [4.78, 5) is 5.11. The van der Waals surface area contributed by atoms with E-state index in [-0.39, 0.29) is 0 Å². The van der Waals surface area contributed by atoms with Gasteiger partial charge in [0.1, 0.15) is 6.61 Å². The Morgan fingerprint density at radius 1 is 1.38 bits per heavy atom. The minimum Gasteiger partial charge on any atom is -0.396 e. The molecule has 0 N–H and O–H groups in total. The van der Waals surface area contributed by atoms with Crippen molar-refractivity contribution in [1.82, 2.24) is 0 Å². The van der Waals surface area contributed by atoms with Crippen molar-refractivity contribution in [3.63, 3.8) is 0 Å². The lowest BCUT2D eigenvalue weighted by Crippen LogP contribution is -2.45. The first-order valence-corrected chi connectivity index (χ1v) is 5.14. The van der Waals surface area contributed by atoms with Crippen LogP contribution in [0.5, 0.6) is 0 Å². The Hall–Kier alpha value is -0.570. The number of nitrogens with zero attached hydrogens (tertiary/aromatic N) is 1.